The molecule has 1 saturated carbocycles. The summed E-state index contributed by atoms with van der Waals surface area (Å²) in [5, 5.41) is 33.0. The SMILES string of the molecule is CC[C@]1(O)CC[C@@H]2CN1CCC1c3ccccc3NC1[C@@H](c1cc3c(cc1OC)N(C)C1C34CCN3CC=C[C@](CC)(C34)[C@@H](OC(=O)CC3CCCN3)[C@]1(O)C(=O)OC)[C@H]2C(=O)OC. The van der Waals surface area contributed by atoms with Gasteiger partial charge in [0.2, 0.25) is 5.60 Å². The monoisotopic (exact) mass is 881 g/mol. The summed E-state index contributed by atoms with van der Waals surface area (Å²) in [6.07, 6.45) is 8.58. The van der Waals surface area contributed by atoms with Crippen molar-refractivity contribution >= 4 is 29.3 Å². The quantitative estimate of drug-likeness (QED) is 0.159. The van der Waals surface area contributed by atoms with Crippen LogP contribution in [0.15, 0.2) is 48.6 Å². The lowest BCUT2D eigenvalue weighted by Crippen LogP contribution is -2.81. The minimum Gasteiger partial charge on any atom is -0.496 e. The van der Waals surface area contributed by atoms with Crippen molar-refractivity contribution in [2.75, 3.05) is 71.3 Å². The molecule has 64 heavy (non-hydrogen) atoms. The van der Waals surface area contributed by atoms with Crippen LogP contribution in [0.25, 0.3) is 0 Å². The van der Waals surface area contributed by atoms with Crippen molar-refractivity contribution in [2.45, 2.75) is 130 Å². The highest BCUT2D eigenvalue weighted by Gasteiger charge is 2.80. The summed E-state index contributed by atoms with van der Waals surface area (Å²) in [7, 11) is 6.34. The second-order valence-electron chi connectivity index (χ2n) is 20.2. The molecule has 7 unspecified atom stereocenters. The molecule has 14 nitrogen and oxygen atoms in total. The fourth-order valence-electron chi connectivity index (χ4n) is 15.1. The lowest BCUT2D eigenvalue weighted by molar-refractivity contribution is -0.229. The molecule has 10 rings (SSSR count). The van der Waals surface area contributed by atoms with Gasteiger partial charge in [-0.15, -0.1) is 0 Å². The number of anilines is 2. The van der Waals surface area contributed by atoms with Gasteiger partial charge in [-0.05, 0) is 93.6 Å². The number of rotatable bonds is 9. The van der Waals surface area contributed by atoms with E-state index >= 15 is 0 Å². The molecular formula is C50H67N5O9. The summed E-state index contributed by atoms with van der Waals surface area (Å²) in [4.78, 5) is 50.2. The molecule has 7 aliphatic heterocycles. The maximum atomic E-state index is 14.7. The zero-order valence-electron chi connectivity index (χ0n) is 38.3. The minimum absolute atomic E-state index is 0.00692. The molecule has 4 saturated heterocycles. The Morgan fingerprint density at radius 2 is 1.75 bits per heavy atom. The fraction of sp³-hybridized carbons (Fsp3) is 0.660. The Morgan fingerprint density at radius 3 is 2.47 bits per heavy atom. The number of benzene rings is 2. The number of hydrogen-bond donors (Lipinski definition) is 4. The molecule has 2 aromatic carbocycles. The normalized spacial score (nSPS) is 40.3. The average molecular weight is 882 g/mol. The molecule has 4 N–H and O–H groups in total. The van der Waals surface area contributed by atoms with Gasteiger partial charge in [-0.25, -0.2) is 4.79 Å². The number of esters is 3. The maximum absolute atomic E-state index is 14.7. The number of hydrogen-bond acceptors (Lipinski definition) is 14. The van der Waals surface area contributed by atoms with Gasteiger partial charge in [0.1, 0.15) is 11.5 Å². The molecule has 0 aromatic heterocycles. The van der Waals surface area contributed by atoms with E-state index in [1.54, 1.807) is 7.11 Å². The third-order valence-electron chi connectivity index (χ3n) is 17.8. The molecule has 14 heteroatoms. The van der Waals surface area contributed by atoms with Gasteiger partial charge in [-0.1, -0.05) is 44.2 Å². The topological polar surface area (TPSA) is 162 Å². The smallest absolute Gasteiger partial charge is 0.344 e. The lowest BCUT2D eigenvalue weighted by atomic mass is 9.47. The highest BCUT2D eigenvalue weighted by atomic mass is 16.6. The molecule has 1 spiro atoms. The van der Waals surface area contributed by atoms with E-state index in [0.717, 1.165) is 48.3 Å². The number of nitrogens with one attached hydrogen (secondary N) is 2. The van der Waals surface area contributed by atoms with E-state index in [1.807, 2.05) is 31.0 Å². The van der Waals surface area contributed by atoms with Gasteiger partial charge in [0.15, 0.2) is 6.10 Å². The summed E-state index contributed by atoms with van der Waals surface area (Å²) in [5.41, 5.74) is -0.204. The molecule has 2 aromatic rings. The van der Waals surface area contributed by atoms with Crippen molar-refractivity contribution in [3.05, 3.63) is 65.2 Å². The number of piperidine rings is 1. The van der Waals surface area contributed by atoms with Crippen LogP contribution in [0.5, 0.6) is 5.75 Å². The highest BCUT2D eigenvalue weighted by Crippen LogP contribution is 2.68. The van der Waals surface area contributed by atoms with Gasteiger partial charge in [0.25, 0.3) is 0 Å². The number of para-hydroxylation sites is 1. The zero-order valence-corrected chi connectivity index (χ0v) is 38.3. The summed E-state index contributed by atoms with van der Waals surface area (Å²) in [6, 6.07) is 11.3. The van der Waals surface area contributed by atoms with Crippen molar-refractivity contribution in [3.63, 3.8) is 0 Å². The number of aliphatic hydroxyl groups is 2. The van der Waals surface area contributed by atoms with Crippen LogP contribution in [0.2, 0.25) is 0 Å². The molecule has 2 bridgehead atoms. The molecule has 5 fully saturated rings. The Morgan fingerprint density at radius 1 is 0.938 bits per heavy atom. The molecule has 0 radical (unpaired) electrons. The Balaban J connectivity index is 1.18. The van der Waals surface area contributed by atoms with Crippen LogP contribution in [-0.2, 0) is 34.0 Å². The van der Waals surface area contributed by atoms with Gasteiger partial charge >= 0.3 is 17.9 Å². The van der Waals surface area contributed by atoms with Crippen LogP contribution in [0, 0.1) is 17.3 Å². The molecule has 1 aliphatic carbocycles. The number of fused-ring (bicyclic) bond motifs is 6. The van der Waals surface area contributed by atoms with E-state index < -0.39 is 58.1 Å². The van der Waals surface area contributed by atoms with Crippen molar-refractivity contribution in [1.82, 2.24) is 15.1 Å². The Bertz CT molecular complexity index is 2220. The van der Waals surface area contributed by atoms with Crippen molar-refractivity contribution in [2.24, 2.45) is 17.3 Å². The summed E-state index contributed by atoms with van der Waals surface area (Å²) in [6.45, 7) is 7.52. The predicted molar refractivity (Wildman–Crippen MR) is 240 cm³/mol. The van der Waals surface area contributed by atoms with Crippen LogP contribution >= 0.6 is 0 Å². The van der Waals surface area contributed by atoms with Gasteiger partial charge in [0.05, 0.1) is 39.7 Å². The number of nitrogens with zero attached hydrogens (tertiary/aromatic N) is 3. The third-order valence-corrected chi connectivity index (χ3v) is 17.8. The van der Waals surface area contributed by atoms with E-state index in [-0.39, 0.29) is 42.4 Å². The molecule has 7 heterocycles. The van der Waals surface area contributed by atoms with Crippen LogP contribution in [-0.4, -0.2) is 141 Å². The first-order valence-electron chi connectivity index (χ1n) is 23.9. The van der Waals surface area contributed by atoms with E-state index in [1.165, 1.54) is 19.8 Å². The zero-order chi connectivity index (χ0) is 44.9. The van der Waals surface area contributed by atoms with Crippen molar-refractivity contribution in [3.8, 4) is 5.75 Å². The van der Waals surface area contributed by atoms with E-state index in [0.29, 0.717) is 64.0 Å². The number of carbonyl (C=O) groups is 3. The molecule has 14 atom stereocenters. The Hall–Kier alpha value is -4.21. The predicted octanol–water partition coefficient (Wildman–Crippen LogP) is 4.43. The van der Waals surface area contributed by atoms with Crippen LogP contribution in [0.1, 0.15) is 100 Å². The van der Waals surface area contributed by atoms with Gasteiger partial charge in [-0.3, -0.25) is 19.4 Å². The lowest BCUT2D eigenvalue weighted by Gasteiger charge is -2.63. The number of likely N-dealkylation sites (N-methyl/N-ethyl adjacent to an activating group) is 1. The van der Waals surface area contributed by atoms with Gasteiger partial charge in [0, 0.05) is 90.5 Å². The van der Waals surface area contributed by atoms with E-state index in [9.17, 15) is 24.6 Å². The van der Waals surface area contributed by atoms with Gasteiger partial charge < -0.3 is 44.7 Å². The van der Waals surface area contributed by atoms with E-state index in [4.69, 9.17) is 18.9 Å². The van der Waals surface area contributed by atoms with Crippen LogP contribution in [0.4, 0.5) is 11.4 Å². The second-order valence-corrected chi connectivity index (χ2v) is 20.2. The van der Waals surface area contributed by atoms with Crippen LogP contribution < -0.4 is 20.3 Å². The van der Waals surface area contributed by atoms with Crippen molar-refractivity contribution < 1.29 is 43.5 Å². The maximum Gasteiger partial charge on any atom is 0.344 e. The number of methoxy groups -OCH3 is 3. The van der Waals surface area contributed by atoms with Gasteiger partial charge in [-0.2, -0.15) is 0 Å². The second kappa shape index (κ2) is 16.0. The van der Waals surface area contributed by atoms with E-state index in [2.05, 4.69) is 63.8 Å². The molecular weight excluding hydrogens is 815 g/mol. The van der Waals surface area contributed by atoms with Crippen LogP contribution in [0.3, 0.4) is 0 Å². The Kier molecular flexibility index (Phi) is 10.9. The van der Waals surface area contributed by atoms with Crippen molar-refractivity contribution in [1.29, 1.82) is 0 Å². The summed E-state index contributed by atoms with van der Waals surface area (Å²) in [5.74, 6) is -2.17. The highest BCUT2D eigenvalue weighted by molar-refractivity contribution is 5.87. The molecule has 8 aliphatic rings. The number of ether oxygens (including phenoxy) is 4. The number of carbonyl (C=O) groups excluding carboxylic acids is 3. The Labute approximate surface area is 377 Å². The first-order chi connectivity index (χ1) is 30.8. The summed E-state index contributed by atoms with van der Waals surface area (Å²) >= 11 is 0. The third kappa shape index (κ3) is 6.03. The first kappa shape index (κ1) is 43.7. The largest absolute Gasteiger partial charge is 0.496 e. The standard InChI is InChI=1S/C50H67N5O9/c1-7-47-18-12-22-54-24-20-49(43(47)54)34-26-33(37(61-4)27-36(34)53(3)44(49)50(60,46(58)63-6)45(47)64-38(56)25-30-13-11-21-51-30)40-39(42(57)62-5)29-16-19-48(59,8-2)55(28-29)23-17-32-31-14-9-10-15-35(31)52-41(32)40/h9-10,12,14-15,18,26-27,29-30,32,39-41,43-45,51-52,59-60H,7-8,11,13,16-17,19-25,28H2,1-6H3/t29-,30?,32?,39+,40+,41?,43?,44?,45-,47-,48+,49?,50+/m1/s1. The molecule has 346 valence electrons. The molecule has 0 amide bonds. The first-order valence-corrected chi connectivity index (χ1v) is 23.9. The average Bonchev–Trinajstić information content (AvgIpc) is 4.11. The fourth-order valence-corrected chi connectivity index (χ4v) is 15.1. The summed E-state index contributed by atoms with van der Waals surface area (Å²) < 4.78 is 24.4. The minimum atomic E-state index is -2.28.